The summed E-state index contributed by atoms with van der Waals surface area (Å²) in [6, 6.07) is 14.9. The van der Waals surface area contributed by atoms with Gasteiger partial charge in [-0.3, -0.25) is 4.79 Å². The summed E-state index contributed by atoms with van der Waals surface area (Å²) in [4.78, 5) is 14.4. The number of carbonyl (C=O) groups is 1. The van der Waals surface area contributed by atoms with Crippen LogP contribution in [0.5, 0.6) is 5.75 Å². The van der Waals surface area contributed by atoms with Crippen molar-refractivity contribution < 1.29 is 14.6 Å². The smallest absolute Gasteiger partial charge is 0.254 e. The number of nitrogens with one attached hydrogen (secondary N) is 4. The molecule has 2 aliphatic heterocycles. The SMILES string of the molecule is COc1ccc(C2NNNN2)cc1-c1ccc([C@H]2C[C@]23CCN(C(=O)C2(O)CC2)C3)cc1. The van der Waals surface area contributed by atoms with Crippen molar-refractivity contribution in [2.24, 2.45) is 5.41 Å². The highest BCUT2D eigenvalue weighted by Gasteiger charge is 2.61. The minimum Gasteiger partial charge on any atom is -0.496 e. The van der Waals surface area contributed by atoms with Gasteiger partial charge in [-0.1, -0.05) is 30.3 Å². The van der Waals surface area contributed by atoms with Crippen LogP contribution in [0.2, 0.25) is 0 Å². The standard InChI is InChI=1S/C24H29N5O3/c1-32-20-7-6-17(21-25-27-28-26-21)12-18(20)15-2-4-16(5-3-15)19-13-23(19)10-11-29(14-23)22(30)24(31)8-9-24/h2-7,12,19,21,25-28,31H,8-11,13-14H2,1H3/t19-,23+/m1/s1. The molecule has 2 aliphatic carbocycles. The lowest BCUT2D eigenvalue weighted by Crippen LogP contribution is -2.39. The molecule has 2 heterocycles. The summed E-state index contributed by atoms with van der Waals surface area (Å²) in [6.07, 6.45) is 3.34. The molecule has 0 unspecified atom stereocenters. The monoisotopic (exact) mass is 435 g/mol. The Labute approximate surface area is 187 Å². The van der Waals surface area contributed by atoms with Crippen molar-refractivity contribution in [3.8, 4) is 16.9 Å². The molecule has 4 aliphatic rings. The van der Waals surface area contributed by atoms with Crippen LogP contribution < -0.4 is 26.7 Å². The number of hydrogen-bond acceptors (Lipinski definition) is 7. The number of aliphatic hydroxyl groups is 1. The van der Waals surface area contributed by atoms with Gasteiger partial charge in [-0.25, -0.2) is 10.9 Å². The molecule has 8 nitrogen and oxygen atoms in total. The van der Waals surface area contributed by atoms with Crippen LogP contribution in [0.3, 0.4) is 0 Å². The zero-order valence-electron chi connectivity index (χ0n) is 18.1. The summed E-state index contributed by atoms with van der Waals surface area (Å²) >= 11 is 0. The van der Waals surface area contributed by atoms with Gasteiger partial charge in [0, 0.05) is 18.7 Å². The van der Waals surface area contributed by atoms with Crippen LogP contribution in [0, 0.1) is 5.41 Å². The van der Waals surface area contributed by atoms with Crippen LogP contribution in [-0.4, -0.2) is 41.7 Å². The first kappa shape index (κ1) is 20.1. The first-order chi connectivity index (χ1) is 15.5. The Morgan fingerprint density at radius 3 is 2.47 bits per heavy atom. The van der Waals surface area contributed by atoms with Crippen molar-refractivity contribution in [2.45, 2.75) is 43.4 Å². The number of hydrazine groups is 3. The second-order valence-electron chi connectivity index (χ2n) is 9.68. The average Bonchev–Trinajstić information content (AvgIpc) is 3.56. The van der Waals surface area contributed by atoms with Crippen LogP contribution >= 0.6 is 0 Å². The van der Waals surface area contributed by atoms with Crippen LogP contribution in [0.4, 0.5) is 0 Å². The number of hydrogen-bond donors (Lipinski definition) is 5. The zero-order chi connectivity index (χ0) is 21.9. The molecule has 2 aromatic carbocycles. The lowest BCUT2D eigenvalue weighted by molar-refractivity contribution is -0.141. The molecule has 0 aromatic heterocycles. The van der Waals surface area contributed by atoms with Crippen LogP contribution in [0.1, 0.15) is 48.9 Å². The molecule has 4 fully saturated rings. The fourth-order valence-corrected chi connectivity index (χ4v) is 5.41. The molecule has 6 rings (SSSR count). The van der Waals surface area contributed by atoms with Crippen molar-refractivity contribution >= 4 is 5.91 Å². The molecule has 1 spiro atoms. The first-order valence-electron chi connectivity index (χ1n) is 11.3. The molecule has 168 valence electrons. The molecule has 2 saturated heterocycles. The fraction of sp³-hybridized carbons (Fsp3) is 0.458. The summed E-state index contributed by atoms with van der Waals surface area (Å²) in [6.45, 7) is 1.55. The Balaban J connectivity index is 1.19. The second-order valence-corrected chi connectivity index (χ2v) is 9.68. The third-order valence-corrected chi connectivity index (χ3v) is 7.66. The molecule has 2 saturated carbocycles. The fourth-order valence-electron chi connectivity index (χ4n) is 5.41. The number of likely N-dealkylation sites (tertiary alicyclic amines) is 1. The molecule has 32 heavy (non-hydrogen) atoms. The number of methoxy groups -OCH3 is 1. The van der Waals surface area contributed by atoms with Crippen LogP contribution in [0.15, 0.2) is 42.5 Å². The molecular weight excluding hydrogens is 406 g/mol. The second kappa shape index (κ2) is 7.26. The minimum atomic E-state index is -1.05. The molecular formula is C24H29N5O3. The molecule has 0 bridgehead atoms. The van der Waals surface area contributed by atoms with E-state index in [0.717, 1.165) is 48.4 Å². The van der Waals surface area contributed by atoms with Crippen LogP contribution in [0.25, 0.3) is 11.1 Å². The van der Waals surface area contributed by atoms with E-state index < -0.39 is 5.60 Å². The lowest BCUT2D eigenvalue weighted by atomic mass is 9.95. The number of rotatable bonds is 5. The van der Waals surface area contributed by atoms with Crippen LogP contribution in [-0.2, 0) is 4.79 Å². The molecule has 2 atom stereocenters. The Hall–Kier alpha value is -2.49. The van der Waals surface area contributed by atoms with E-state index in [9.17, 15) is 9.90 Å². The summed E-state index contributed by atoms with van der Waals surface area (Å²) in [5.74, 6) is 1.27. The summed E-state index contributed by atoms with van der Waals surface area (Å²) < 4.78 is 5.62. The number of amides is 1. The topological polar surface area (TPSA) is 97.9 Å². The Morgan fingerprint density at radius 1 is 1.06 bits per heavy atom. The lowest BCUT2D eigenvalue weighted by Gasteiger charge is -2.20. The minimum absolute atomic E-state index is 0.0352. The van der Waals surface area contributed by atoms with Crippen molar-refractivity contribution in [3.63, 3.8) is 0 Å². The van der Waals surface area contributed by atoms with Gasteiger partial charge in [-0.05, 0) is 65.8 Å². The number of nitrogens with zero attached hydrogens (tertiary/aromatic N) is 1. The summed E-state index contributed by atoms with van der Waals surface area (Å²) in [5, 5.41) is 10.2. The summed E-state index contributed by atoms with van der Waals surface area (Å²) in [5.41, 5.74) is 15.7. The Morgan fingerprint density at radius 2 is 1.78 bits per heavy atom. The maximum atomic E-state index is 12.5. The molecule has 0 radical (unpaired) electrons. The molecule has 8 heteroatoms. The predicted octanol–water partition coefficient (Wildman–Crippen LogP) is 1.71. The van der Waals surface area contributed by atoms with Gasteiger partial charge >= 0.3 is 0 Å². The van der Waals surface area contributed by atoms with Gasteiger partial charge in [0.1, 0.15) is 17.5 Å². The highest BCUT2D eigenvalue weighted by molar-refractivity contribution is 5.88. The maximum Gasteiger partial charge on any atom is 0.254 e. The predicted molar refractivity (Wildman–Crippen MR) is 119 cm³/mol. The third-order valence-electron chi connectivity index (χ3n) is 7.66. The number of benzene rings is 2. The van der Waals surface area contributed by atoms with E-state index >= 15 is 0 Å². The first-order valence-corrected chi connectivity index (χ1v) is 11.3. The average molecular weight is 436 g/mol. The van der Waals surface area contributed by atoms with Gasteiger partial charge in [0.05, 0.1) is 7.11 Å². The van der Waals surface area contributed by atoms with E-state index in [1.807, 2.05) is 17.0 Å². The van der Waals surface area contributed by atoms with Crippen molar-refractivity contribution in [1.82, 2.24) is 26.8 Å². The van der Waals surface area contributed by atoms with E-state index in [2.05, 4.69) is 52.3 Å². The summed E-state index contributed by atoms with van der Waals surface area (Å²) in [7, 11) is 1.70. The van der Waals surface area contributed by atoms with E-state index in [1.165, 1.54) is 5.56 Å². The van der Waals surface area contributed by atoms with Gasteiger partial charge in [-0.15, -0.1) is 0 Å². The quantitative estimate of drug-likeness (QED) is 0.488. The zero-order valence-corrected chi connectivity index (χ0v) is 18.1. The van der Waals surface area contributed by atoms with Crippen molar-refractivity contribution in [2.75, 3.05) is 20.2 Å². The molecule has 2 aromatic rings. The highest BCUT2D eigenvalue weighted by Crippen LogP contribution is 2.64. The number of carbonyl (C=O) groups excluding carboxylic acids is 1. The van der Waals surface area contributed by atoms with Gasteiger partial charge in [0.2, 0.25) is 0 Å². The Bertz CT molecular complexity index is 1050. The van der Waals surface area contributed by atoms with E-state index in [1.54, 1.807) is 7.11 Å². The van der Waals surface area contributed by atoms with E-state index in [-0.39, 0.29) is 17.5 Å². The van der Waals surface area contributed by atoms with Crippen molar-refractivity contribution in [3.05, 3.63) is 53.6 Å². The molecule has 5 N–H and O–H groups in total. The third kappa shape index (κ3) is 3.30. The van der Waals surface area contributed by atoms with Gasteiger partial charge in [0.15, 0.2) is 0 Å². The van der Waals surface area contributed by atoms with Crippen molar-refractivity contribution in [1.29, 1.82) is 0 Å². The van der Waals surface area contributed by atoms with Gasteiger partial charge < -0.3 is 14.7 Å². The van der Waals surface area contributed by atoms with E-state index in [4.69, 9.17) is 4.74 Å². The largest absolute Gasteiger partial charge is 0.496 e. The van der Waals surface area contributed by atoms with Gasteiger partial charge in [-0.2, -0.15) is 11.1 Å². The van der Waals surface area contributed by atoms with Gasteiger partial charge in [0.25, 0.3) is 5.91 Å². The highest BCUT2D eigenvalue weighted by atomic mass is 16.5. The van der Waals surface area contributed by atoms with E-state index in [0.29, 0.717) is 18.8 Å². The Kier molecular flexibility index (Phi) is 4.57. The number of ether oxygens (including phenoxy) is 1. The maximum absolute atomic E-state index is 12.5. The molecule has 1 amide bonds. The normalized spacial score (nSPS) is 28.3.